The minimum atomic E-state index is -0.0000813. The number of carbonyl (C=O) groups is 1. The SMILES string of the molecule is Cc1ccc(C2SCC(=O)N2CCc2ccccn2)o1. The highest BCUT2D eigenvalue weighted by atomic mass is 32.2. The number of aryl methyl sites for hydroxylation is 1. The second-order valence-electron chi connectivity index (χ2n) is 4.77. The summed E-state index contributed by atoms with van der Waals surface area (Å²) in [4.78, 5) is 18.2. The number of amides is 1. The first kappa shape index (κ1) is 13.2. The molecule has 3 rings (SSSR count). The Morgan fingerprint density at radius 1 is 1.40 bits per heavy atom. The van der Waals surface area contributed by atoms with E-state index in [-0.39, 0.29) is 11.3 Å². The van der Waals surface area contributed by atoms with E-state index < -0.39 is 0 Å². The van der Waals surface area contributed by atoms with Crippen molar-refractivity contribution in [2.75, 3.05) is 12.3 Å². The zero-order valence-electron chi connectivity index (χ0n) is 11.3. The number of aromatic nitrogens is 1. The maximum absolute atomic E-state index is 12.0. The van der Waals surface area contributed by atoms with Crippen LogP contribution < -0.4 is 0 Å². The fraction of sp³-hybridized carbons (Fsp3) is 0.333. The molecular weight excluding hydrogens is 272 g/mol. The molecule has 1 aliphatic rings. The lowest BCUT2D eigenvalue weighted by atomic mass is 10.2. The summed E-state index contributed by atoms with van der Waals surface area (Å²) in [6.07, 6.45) is 2.55. The lowest BCUT2D eigenvalue weighted by Gasteiger charge is -2.22. The van der Waals surface area contributed by atoms with Crippen LogP contribution in [0, 0.1) is 6.92 Å². The number of nitrogens with zero attached hydrogens (tertiary/aromatic N) is 2. The van der Waals surface area contributed by atoms with Crippen LogP contribution in [0.2, 0.25) is 0 Å². The zero-order valence-corrected chi connectivity index (χ0v) is 12.1. The van der Waals surface area contributed by atoms with Crippen LogP contribution in [0.3, 0.4) is 0 Å². The van der Waals surface area contributed by atoms with Crippen LogP contribution in [-0.4, -0.2) is 28.1 Å². The van der Waals surface area contributed by atoms with Crippen molar-refractivity contribution in [2.24, 2.45) is 0 Å². The summed E-state index contributed by atoms with van der Waals surface area (Å²) in [6.45, 7) is 2.59. The molecule has 4 nitrogen and oxygen atoms in total. The number of furan rings is 1. The molecule has 1 saturated heterocycles. The lowest BCUT2D eigenvalue weighted by molar-refractivity contribution is -0.128. The van der Waals surface area contributed by atoms with E-state index in [2.05, 4.69) is 4.98 Å². The standard InChI is InChI=1S/C15H16N2O2S/c1-11-5-6-13(19-11)15-17(14(18)10-20-15)9-7-12-4-2-3-8-16-12/h2-6,8,15H,7,9-10H2,1H3. The van der Waals surface area contributed by atoms with Gasteiger partial charge in [0.15, 0.2) is 0 Å². The van der Waals surface area contributed by atoms with Gasteiger partial charge >= 0.3 is 0 Å². The summed E-state index contributed by atoms with van der Waals surface area (Å²) in [5, 5.41) is -0.0000813. The molecule has 0 bridgehead atoms. The largest absolute Gasteiger partial charge is 0.463 e. The molecule has 104 valence electrons. The Labute approximate surface area is 122 Å². The molecule has 1 aliphatic heterocycles. The molecule has 1 amide bonds. The van der Waals surface area contributed by atoms with Crippen molar-refractivity contribution in [3.05, 3.63) is 53.7 Å². The van der Waals surface area contributed by atoms with Crippen LogP contribution in [0.25, 0.3) is 0 Å². The molecular formula is C15H16N2O2S. The molecule has 20 heavy (non-hydrogen) atoms. The van der Waals surface area contributed by atoms with Crippen LogP contribution in [0.1, 0.15) is 22.6 Å². The average molecular weight is 288 g/mol. The molecule has 0 aromatic carbocycles. The van der Waals surface area contributed by atoms with Gasteiger partial charge in [-0.1, -0.05) is 6.07 Å². The van der Waals surface area contributed by atoms with Crippen molar-refractivity contribution in [2.45, 2.75) is 18.7 Å². The number of pyridine rings is 1. The average Bonchev–Trinajstić information content (AvgIpc) is 3.04. The predicted octanol–water partition coefficient (Wildman–Crippen LogP) is 2.80. The molecule has 2 aromatic rings. The Bertz CT molecular complexity index is 597. The number of thioether (sulfide) groups is 1. The highest BCUT2D eigenvalue weighted by Gasteiger charge is 2.34. The van der Waals surface area contributed by atoms with Gasteiger partial charge in [0.1, 0.15) is 16.9 Å². The summed E-state index contributed by atoms with van der Waals surface area (Å²) >= 11 is 1.62. The van der Waals surface area contributed by atoms with E-state index in [9.17, 15) is 4.79 Å². The van der Waals surface area contributed by atoms with Gasteiger partial charge in [-0.3, -0.25) is 9.78 Å². The Kier molecular flexibility index (Phi) is 3.78. The van der Waals surface area contributed by atoms with Crippen LogP contribution in [0.5, 0.6) is 0 Å². The van der Waals surface area contributed by atoms with E-state index in [1.165, 1.54) is 0 Å². The monoisotopic (exact) mass is 288 g/mol. The van der Waals surface area contributed by atoms with Gasteiger partial charge in [-0.2, -0.15) is 0 Å². The summed E-state index contributed by atoms with van der Waals surface area (Å²) in [5.74, 6) is 2.43. The Hall–Kier alpha value is -1.75. The lowest BCUT2D eigenvalue weighted by Crippen LogP contribution is -2.30. The first-order chi connectivity index (χ1) is 9.74. The quantitative estimate of drug-likeness (QED) is 0.868. The van der Waals surface area contributed by atoms with Gasteiger partial charge in [0, 0.05) is 24.9 Å². The maximum Gasteiger partial charge on any atom is 0.233 e. The van der Waals surface area contributed by atoms with Crippen molar-refractivity contribution in [1.29, 1.82) is 0 Å². The molecule has 5 heteroatoms. The highest BCUT2D eigenvalue weighted by molar-refractivity contribution is 8.00. The van der Waals surface area contributed by atoms with E-state index >= 15 is 0 Å². The Morgan fingerprint density at radius 3 is 3.00 bits per heavy atom. The highest BCUT2D eigenvalue weighted by Crippen LogP contribution is 2.39. The third-order valence-electron chi connectivity index (χ3n) is 3.31. The summed E-state index contributed by atoms with van der Waals surface area (Å²) < 4.78 is 5.67. The molecule has 0 N–H and O–H groups in total. The molecule has 0 saturated carbocycles. The van der Waals surface area contributed by atoms with Crippen molar-refractivity contribution in [3.63, 3.8) is 0 Å². The third kappa shape index (κ3) is 2.72. The molecule has 1 fully saturated rings. The second-order valence-corrected chi connectivity index (χ2v) is 5.84. The van der Waals surface area contributed by atoms with E-state index in [0.717, 1.165) is 23.6 Å². The molecule has 0 aliphatic carbocycles. The van der Waals surface area contributed by atoms with Gasteiger partial charge in [-0.05, 0) is 31.2 Å². The van der Waals surface area contributed by atoms with Crippen molar-refractivity contribution in [3.8, 4) is 0 Å². The van der Waals surface area contributed by atoms with Crippen LogP contribution in [-0.2, 0) is 11.2 Å². The van der Waals surface area contributed by atoms with Gasteiger partial charge < -0.3 is 9.32 Å². The van der Waals surface area contributed by atoms with Crippen LogP contribution >= 0.6 is 11.8 Å². The van der Waals surface area contributed by atoms with Crippen LogP contribution in [0.15, 0.2) is 40.9 Å². The van der Waals surface area contributed by atoms with Gasteiger partial charge in [0.25, 0.3) is 0 Å². The summed E-state index contributed by atoms with van der Waals surface area (Å²) in [6, 6.07) is 9.75. The second kappa shape index (κ2) is 5.71. The number of hydrogen-bond donors (Lipinski definition) is 0. The smallest absolute Gasteiger partial charge is 0.233 e. The minimum Gasteiger partial charge on any atom is -0.463 e. The van der Waals surface area contributed by atoms with Crippen molar-refractivity contribution in [1.82, 2.24) is 9.88 Å². The van der Waals surface area contributed by atoms with Crippen molar-refractivity contribution < 1.29 is 9.21 Å². The molecule has 0 radical (unpaired) electrons. The van der Waals surface area contributed by atoms with E-state index in [0.29, 0.717) is 12.3 Å². The first-order valence-corrected chi connectivity index (χ1v) is 7.66. The van der Waals surface area contributed by atoms with Gasteiger partial charge in [-0.25, -0.2) is 0 Å². The van der Waals surface area contributed by atoms with E-state index in [4.69, 9.17) is 4.42 Å². The molecule has 2 aromatic heterocycles. The van der Waals surface area contributed by atoms with Crippen LogP contribution in [0.4, 0.5) is 0 Å². The van der Waals surface area contributed by atoms with E-state index in [1.807, 2.05) is 42.2 Å². The molecule has 0 spiro atoms. The molecule has 1 atom stereocenters. The predicted molar refractivity (Wildman–Crippen MR) is 78.3 cm³/mol. The van der Waals surface area contributed by atoms with Gasteiger partial charge in [0.05, 0.1) is 5.75 Å². The maximum atomic E-state index is 12.0. The minimum absolute atomic E-state index is 0.0000813. The van der Waals surface area contributed by atoms with Crippen molar-refractivity contribution >= 4 is 17.7 Å². The fourth-order valence-electron chi connectivity index (χ4n) is 2.30. The Morgan fingerprint density at radius 2 is 2.30 bits per heavy atom. The number of hydrogen-bond acceptors (Lipinski definition) is 4. The number of carbonyl (C=O) groups excluding carboxylic acids is 1. The first-order valence-electron chi connectivity index (χ1n) is 6.61. The normalized spacial score (nSPS) is 18.8. The van der Waals surface area contributed by atoms with Gasteiger partial charge in [-0.15, -0.1) is 11.8 Å². The zero-order chi connectivity index (χ0) is 13.9. The fourth-order valence-corrected chi connectivity index (χ4v) is 3.46. The summed E-state index contributed by atoms with van der Waals surface area (Å²) in [7, 11) is 0. The van der Waals surface area contributed by atoms with E-state index in [1.54, 1.807) is 18.0 Å². The number of rotatable bonds is 4. The third-order valence-corrected chi connectivity index (χ3v) is 4.52. The Balaban J connectivity index is 1.71. The van der Waals surface area contributed by atoms with Gasteiger partial charge in [0.2, 0.25) is 5.91 Å². The molecule has 1 unspecified atom stereocenters. The summed E-state index contributed by atoms with van der Waals surface area (Å²) in [5.41, 5.74) is 1.01. The topological polar surface area (TPSA) is 46.3 Å². The molecule has 3 heterocycles.